The van der Waals surface area contributed by atoms with Crippen LogP contribution in [0.1, 0.15) is 25.3 Å². The summed E-state index contributed by atoms with van der Waals surface area (Å²) in [6.45, 7) is 3.01. The highest BCUT2D eigenvalue weighted by Crippen LogP contribution is 2.31. The largest absolute Gasteiger partial charge is 0.378 e. The normalized spacial score (nSPS) is 26.1. The highest BCUT2D eigenvalue weighted by molar-refractivity contribution is 6.30. The van der Waals surface area contributed by atoms with E-state index in [4.69, 9.17) is 27.9 Å². The van der Waals surface area contributed by atoms with Crippen molar-refractivity contribution in [2.75, 3.05) is 6.61 Å². The predicted molar refractivity (Wildman–Crippen MR) is 72.9 cm³/mol. The number of rotatable bonds is 4. The Morgan fingerprint density at radius 3 is 3.00 bits per heavy atom. The van der Waals surface area contributed by atoms with Gasteiger partial charge in [-0.05, 0) is 37.0 Å². The zero-order valence-corrected chi connectivity index (χ0v) is 11.5. The van der Waals surface area contributed by atoms with E-state index in [-0.39, 0.29) is 5.38 Å². The van der Waals surface area contributed by atoms with Crippen LogP contribution in [0.25, 0.3) is 0 Å². The average Bonchev–Trinajstić information content (AvgIpc) is 2.77. The quantitative estimate of drug-likeness (QED) is 0.743. The van der Waals surface area contributed by atoms with Crippen LogP contribution in [0.4, 0.5) is 0 Å². The van der Waals surface area contributed by atoms with Gasteiger partial charge in [0.2, 0.25) is 0 Å². The molecule has 0 N–H and O–H groups in total. The molecule has 1 saturated heterocycles. The van der Waals surface area contributed by atoms with Crippen molar-refractivity contribution in [3.8, 4) is 0 Å². The van der Waals surface area contributed by atoms with Crippen LogP contribution in [0.3, 0.4) is 0 Å². The molecule has 17 heavy (non-hydrogen) atoms. The van der Waals surface area contributed by atoms with Crippen LogP contribution in [0.2, 0.25) is 5.02 Å². The first kappa shape index (κ1) is 13.2. The topological polar surface area (TPSA) is 9.23 Å². The van der Waals surface area contributed by atoms with Gasteiger partial charge in [-0.2, -0.15) is 0 Å². The lowest BCUT2D eigenvalue weighted by atomic mass is 9.92. The molecule has 3 atom stereocenters. The number of hydrogen-bond donors (Lipinski definition) is 0. The molecule has 0 bridgehead atoms. The minimum absolute atomic E-state index is 0.140. The smallest absolute Gasteiger partial charge is 0.0615 e. The lowest BCUT2D eigenvalue weighted by Gasteiger charge is -2.22. The summed E-state index contributed by atoms with van der Waals surface area (Å²) in [5.41, 5.74) is 1.21. The van der Waals surface area contributed by atoms with Crippen molar-refractivity contribution in [2.24, 2.45) is 5.92 Å². The molecule has 3 heteroatoms. The van der Waals surface area contributed by atoms with Gasteiger partial charge in [-0.1, -0.05) is 30.7 Å². The van der Waals surface area contributed by atoms with Crippen molar-refractivity contribution in [1.29, 1.82) is 0 Å². The Morgan fingerprint density at radius 1 is 1.47 bits per heavy atom. The Balaban J connectivity index is 1.99. The van der Waals surface area contributed by atoms with E-state index in [1.54, 1.807) is 0 Å². The molecular weight excluding hydrogens is 255 g/mol. The van der Waals surface area contributed by atoms with Gasteiger partial charge in [0, 0.05) is 22.9 Å². The zero-order chi connectivity index (χ0) is 12.3. The van der Waals surface area contributed by atoms with Crippen molar-refractivity contribution < 1.29 is 4.74 Å². The minimum atomic E-state index is 0.140. The SMILES string of the molecule is CCC1OCCC1C(Cl)Cc1cccc(Cl)c1. The van der Waals surface area contributed by atoms with Crippen LogP contribution in [-0.2, 0) is 11.2 Å². The maximum Gasteiger partial charge on any atom is 0.0615 e. The molecule has 1 aliphatic heterocycles. The summed E-state index contributed by atoms with van der Waals surface area (Å²) in [5.74, 6) is 0.473. The molecule has 1 aliphatic rings. The van der Waals surface area contributed by atoms with Gasteiger partial charge in [0.1, 0.15) is 0 Å². The molecule has 1 fully saturated rings. The van der Waals surface area contributed by atoms with E-state index in [0.717, 1.165) is 30.9 Å². The summed E-state index contributed by atoms with van der Waals surface area (Å²) in [5, 5.41) is 0.919. The molecule has 0 aromatic heterocycles. The van der Waals surface area contributed by atoms with Crippen molar-refractivity contribution in [2.45, 2.75) is 37.7 Å². The van der Waals surface area contributed by atoms with E-state index in [0.29, 0.717) is 12.0 Å². The molecule has 0 spiro atoms. The van der Waals surface area contributed by atoms with E-state index in [1.165, 1.54) is 5.56 Å². The molecular formula is C14H18Cl2O. The Kier molecular flexibility index (Phi) is 4.72. The van der Waals surface area contributed by atoms with E-state index < -0.39 is 0 Å². The van der Waals surface area contributed by atoms with Gasteiger partial charge in [0.05, 0.1) is 6.10 Å². The first-order valence-electron chi connectivity index (χ1n) is 6.21. The fourth-order valence-electron chi connectivity index (χ4n) is 2.54. The monoisotopic (exact) mass is 272 g/mol. The third-order valence-corrected chi connectivity index (χ3v) is 4.16. The van der Waals surface area contributed by atoms with Crippen LogP contribution in [0, 0.1) is 5.92 Å². The standard InChI is InChI=1S/C14H18Cl2O/c1-2-14-12(6-7-17-14)13(16)9-10-4-3-5-11(15)8-10/h3-5,8,12-14H,2,6-7,9H2,1H3. The summed E-state index contributed by atoms with van der Waals surface area (Å²) in [6, 6.07) is 7.94. The van der Waals surface area contributed by atoms with Crippen molar-refractivity contribution in [3.63, 3.8) is 0 Å². The fourth-order valence-corrected chi connectivity index (χ4v) is 3.22. The highest BCUT2D eigenvalue weighted by atomic mass is 35.5. The fraction of sp³-hybridized carbons (Fsp3) is 0.571. The van der Waals surface area contributed by atoms with Crippen LogP contribution in [-0.4, -0.2) is 18.1 Å². The third-order valence-electron chi connectivity index (χ3n) is 3.45. The van der Waals surface area contributed by atoms with Crippen LogP contribution in [0.5, 0.6) is 0 Å². The Hall–Kier alpha value is -0.240. The van der Waals surface area contributed by atoms with Gasteiger partial charge in [0.25, 0.3) is 0 Å². The molecule has 0 amide bonds. The number of benzene rings is 1. The van der Waals surface area contributed by atoms with Crippen molar-refractivity contribution in [1.82, 2.24) is 0 Å². The summed E-state index contributed by atoms with van der Waals surface area (Å²) in [6.07, 6.45) is 3.32. The molecule has 0 saturated carbocycles. The van der Waals surface area contributed by atoms with E-state index in [1.807, 2.05) is 18.2 Å². The van der Waals surface area contributed by atoms with Gasteiger partial charge in [-0.25, -0.2) is 0 Å². The van der Waals surface area contributed by atoms with Crippen LogP contribution < -0.4 is 0 Å². The molecule has 1 nitrogen and oxygen atoms in total. The number of hydrogen-bond acceptors (Lipinski definition) is 1. The van der Waals surface area contributed by atoms with Gasteiger partial charge >= 0.3 is 0 Å². The molecule has 1 heterocycles. The van der Waals surface area contributed by atoms with Gasteiger partial charge in [-0.3, -0.25) is 0 Å². The van der Waals surface area contributed by atoms with Crippen molar-refractivity contribution in [3.05, 3.63) is 34.9 Å². The maximum absolute atomic E-state index is 6.52. The molecule has 1 aromatic carbocycles. The summed E-state index contributed by atoms with van der Waals surface area (Å²) in [7, 11) is 0. The molecule has 3 unspecified atom stereocenters. The van der Waals surface area contributed by atoms with Gasteiger partial charge in [0.15, 0.2) is 0 Å². The van der Waals surface area contributed by atoms with E-state index >= 15 is 0 Å². The molecule has 1 aromatic rings. The Labute approximate surface area is 113 Å². The van der Waals surface area contributed by atoms with E-state index in [2.05, 4.69) is 13.0 Å². The predicted octanol–water partition coefficient (Wildman–Crippen LogP) is 4.31. The summed E-state index contributed by atoms with van der Waals surface area (Å²) in [4.78, 5) is 0. The summed E-state index contributed by atoms with van der Waals surface area (Å²) >= 11 is 12.5. The maximum atomic E-state index is 6.52. The van der Waals surface area contributed by atoms with Crippen LogP contribution >= 0.6 is 23.2 Å². The van der Waals surface area contributed by atoms with Crippen molar-refractivity contribution >= 4 is 23.2 Å². The Morgan fingerprint density at radius 2 is 2.29 bits per heavy atom. The third kappa shape index (κ3) is 3.37. The molecule has 0 radical (unpaired) electrons. The molecule has 94 valence electrons. The molecule has 0 aliphatic carbocycles. The Bertz CT molecular complexity index is 367. The number of alkyl halides is 1. The zero-order valence-electron chi connectivity index (χ0n) is 10.0. The van der Waals surface area contributed by atoms with Gasteiger partial charge < -0.3 is 4.74 Å². The van der Waals surface area contributed by atoms with Crippen LogP contribution in [0.15, 0.2) is 24.3 Å². The number of ether oxygens (including phenoxy) is 1. The number of halogens is 2. The first-order valence-corrected chi connectivity index (χ1v) is 7.02. The van der Waals surface area contributed by atoms with Gasteiger partial charge in [-0.15, -0.1) is 11.6 Å². The second-order valence-corrected chi connectivity index (χ2v) is 5.62. The van der Waals surface area contributed by atoms with E-state index in [9.17, 15) is 0 Å². The average molecular weight is 273 g/mol. The highest BCUT2D eigenvalue weighted by Gasteiger charge is 2.32. The first-order chi connectivity index (χ1) is 8.20. The second-order valence-electron chi connectivity index (χ2n) is 4.62. The summed E-state index contributed by atoms with van der Waals surface area (Å²) < 4.78 is 5.69. The lowest BCUT2D eigenvalue weighted by Crippen LogP contribution is -2.25. The minimum Gasteiger partial charge on any atom is -0.378 e. The lowest BCUT2D eigenvalue weighted by molar-refractivity contribution is 0.0865. The molecule has 2 rings (SSSR count). The second kappa shape index (κ2) is 6.08.